The molecule has 0 radical (unpaired) electrons. The molecule has 2 heterocycles. The summed E-state index contributed by atoms with van der Waals surface area (Å²) in [4.78, 5) is 22.5. The van der Waals surface area contributed by atoms with Gasteiger partial charge in [-0.25, -0.2) is 4.89 Å². The molecule has 2 aliphatic heterocycles. The lowest BCUT2D eigenvalue weighted by Gasteiger charge is -2.68. The molecule has 192 valence electrons. The third-order valence-corrected chi connectivity index (χ3v) is 8.89. The predicted octanol–water partition coefficient (Wildman–Crippen LogP) is 1.35. The van der Waals surface area contributed by atoms with Crippen LogP contribution >= 0.6 is 0 Å². The highest BCUT2D eigenvalue weighted by Gasteiger charge is 2.76. The Morgan fingerprint density at radius 3 is 2.43 bits per heavy atom. The Morgan fingerprint density at radius 2 is 1.83 bits per heavy atom. The van der Waals surface area contributed by atoms with Gasteiger partial charge in [0.1, 0.15) is 18.0 Å². The van der Waals surface area contributed by atoms with Crippen LogP contribution in [0.3, 0.4) is 0 Å². The second-order valence-electron chi connectivity index (χ2n) is 10.9. The summed E-state index contributed by atoms with van der Waals surface area (Å²) < 4.78 is 45.6. The summed E-state index contributed by atoms with van der Waals surface area (Å²) in [6.45, 7) is 1.20. The van der Waals surface area contributed by atoms with Crippen LogP contribution in [0.25, 0.3) is 0 Å². The Kier molecular flexibility index (Phi) is 4.70. The van der Waals surface area contributed by atoms with Gasteiger partial charge in [-0.2, -0.15) is 4.89 Å². The SMILES string of the molecule is [2H]C([2H])([2H])OC1(c2cccc(O[C@@H]3OC(OC=O)C(C)(O)[C@@H](O)C3O)c2)OOC12C1CC3CC(C1)CC2C3. The molecule has 1 aromatic carbocycles. The smallest absolute Gasteiger partial charge is 0.295 e. The molecule has 6 fully saturated rings. The third-order valence-electron chi connectivity index (χ3n) is 8.89. The minimum absolute atomic E-state index is 0.0511. The number of hydrogen-bond acceptors (Lipinski definition) is 10. The lowest BCUT2D eigenvalue weighted by molar-refractivity contribution is -0.645. The summed E-state index contributed by atoms with van der Waals surface area (Å²) >= 11 is 0. The van der Waals surface area contributed by atoms with E-state index in [4.69, 9.17) is 32.8 Å². The van der Waals surface area contributed by atoms with Crippen LogP contribution < -0.4 is 4.74 Å². The second-order valence-corrected chi connectivity index (χ2v) is 10.9. The highest BCUT2D eigenvalue weighted by atomic mass is 17.3. The first-order chi connectivity index (χ1) is 17.9. The molecule has 4 saturated carbocycles. The number of aliphatic hydroxyl groups is 3. The van der Waals surface area contributed by atoms with E-state index < -0.39 is 48.8 Å². The van der Waals surface area contributed by atoms with Crippen molar-refractivity contribution < 1.29 is 52.9 Å². The van der Waals surface area contributed by atoms with Crippen LogP contribution in [0.2, 0.25) is 0 Å². The Balaban J connectivity index is 1.33. The quantitative estimate of drug-likeness (QED) is 0.392. The van der Waals surface area contributed by atoms with Gasteiger partial charge >= 0.3 is 0 Å². The Bertz CT molecular complexity index is 1050. The normalized spacial score (nSPS) is 51.7. The standard InChI is InChI=1S/C25H32O10/c1-23(29)20(28)19(27)21(33-22(23)31-12-26)32-18-5-3-4-15(11-18)25(30-2)24(34-35-25)16-7-13-6-14(9-16)10-17(24)8-13/h3-5,11-14,16-17,19-22,27-29H,6-10H2,1-2H3/t13?,14?,16?,17?,19?,20-,21+,22?,23?,24?,25?/m0/s1/i2D3. The van der Waals surface area contributed by atoms with Gasteiger partial charge in [0, 0.05) is 12.6 Å². The van der Waals surface area contributed by atoms with E-state index in [1.165, 1.54) is 12.5 Å². The van der Waals surface area contributed by atoms with Crippen LogP contribution in [0, 0.1) is 23.7 Å². The van der Waals surface area contributed by atoms with Gasteiger partial charge in [-0.15, -0.1) is 0 Å². The number of aliphatic hydroxyl groups excluding tert-OH is 2. The Labute approximate surface area is 207 Å². The lowest BCUT2D eigenvalue weighted by atomic mass is 9.47. The van der Waals surface area contributed by atoms with Crippen LogP contribution in [0.1, 0.15) is 48.7 Å². The van der Waals surface area contributed by atoms with E-state index >= 15 is 0 Å². The van der Waals surface area contributed by atoms with Crippen molar-refractivity contribution in [3.63, 3.8) is 0 Å². The van der Waals surface area contributed by atoms with Gasteiger partial charge in [-0.3, -0.25) is 9.53 Å². The number of rotatable bonds is 6. The summed E-state index contributed by atoms with van der Waals surface area (Å²) in [5, 5.41) is 31.4. The summed E-state index contributed by atoms with van der Waals surface area (Å²) in [6.07, 6.45) is -1.76. The van der Waals surface area contributed by atoms with Gasteiger partial charge in [0.25, 0.3) is 12.3 Å². The van der Waals surface area contributed by atoms with Crippen LogP contribution in [0.4, 0.5) is 0 Å². The van der Waals surface area contributed by atoms with Crippen molar-refractivity contribution in [2.75, 3.05) is 7.04 Å². The van der Waals surface area contributed by atoms with Crippen molar-refractivity contribution in [2.24, 2.45) is 23.7 Å². The fourth-order valence-electron chi connectivity index (χ4n) is 7.40. The van der Waals surface area contributed by atoms with E-state index in [0.29, 0.717) is 17.4 Å². The largest absolute Gasteiger partial charge is 0.462 e. The van der Waals surface area contributed by atoms with Crippen LogP contribution in [0.5, 0.6) is 5.75 Å². The first-order valence-electron chi connectivity index (χ1n) is 13.6. The van der Waals surface area contributed by atoms with Crippen molar-refractivity contribution in [3.05, 3.63) is 29.8 Å². The molecule has 35 heavy (non-hydrogen) atoms. The number of hydrogen-bond donors (Lipinski definition) is 3. The summed E-state index contributed by atoms with van der Waals surface area (Å²) in [5.74, 6) is -0.264. The highest BCUT2D eigenvalue weighted by molar-refractivity contribution is 5.38. The first kappa shape index (κ1) is 20.3. The first-order valence-corrected chi connectivity index (χ1v) is 12.1. The van der Waals surface area contributed by atoms with Gasteiger partial charge in [0.05, 0.1) is 4.11 Å². The minimum Gasteiger partial charge on any atom is -0.462 e. The fourth-order valence-corrected chi connectivity index (χ4v) is 7.40. The highest BCUT2D eigenvalue weighted by Crippen LogP contribution is 2.69. The lowest BCUT2D eigenvalue weighted by Crippen LogP contribution is -2.76. The molecule has 0 amide bonds. The topological polar surface area (TPSA) is 133 Å². The summed E-state index contributed by atoms with van der Waals surface area (Å²) in [7, 11) is -2.79. The Hall–Kier alpha value is -1.79. The Morgan fingerprint density at radius 1 is 1.11 bits per heavy atom. The monoisotopic (exact) mass is 495 g/mol. The molecule has 2 saturated heterocycles. The minimum atomic E-state index is -2.79. The molecule has 4 unspecified atom stereocenters. The fraction of sp³-hybridized carbons (Fsp3) is 0.720. The average Bonchev–Trinajstić information content (AvgIpc) is 2.83. The van der Waals surface area contributed by atoms with E-state index in [0.717, 1.165) is 32.6 Å². The van der Waals surface area contributed by atoms with Gasteiger partial charge in [-0.05, 0) is 74.8 Å². The van der Waals surface area contributed by atoms with Gasteiger partial charge in [0.15, 0.2) is 11.2 Å². The molecule has 10 heteroatoms. The van der Waals surface area contributed by atoms with Crippen LogP contribution in [-0.4, -0.2) is 64.8 Å². The van der Waals surface area contributed by atoms with Crippen molar-refractivity contribution in [2.45, 2.75) is 80.8 Å². The van der Waals surface area contributed by atoms with Gasteiger partial charge < -0.3 is 29.5 Å². The molecule has 4 aliphatic carbocycles. The van der Waals surface area contributed by atoms with Crippen LogP contribution in [0.15, 0.2) is 24.3 Å². The van der Waals surface area contributed by atoms with Gasteiger partial charge in [0.2, 0.25) is 12.6 Å². The van der Waals surface area contributed by atoms with Crippen molar-refractivity contribution in [1.82, 2.24) is 0 Å². The number of methoxy groups -OCH3 is 1. The molecule has 4 bridgehead atoms. The molecule has 6 atom stereocenters. The predicted molar refractivity (Wildman–Crippen MR) is 116 cm³/mol. The van der Waals surface area contributed by atoms with Gasteiger partial charge in [-0.1, -0.05) is 12.1 Å². The zero-order chi connectivity index (χ0) is 27.1. The molecular formula is C25H32O10. The molecule has 10 nitrogen and oxygen atoms in total. The molecule has 6 aliphatic rings. The zero-order valence-electron chi connectivity index (χ0n) is 22.2. The molecule has 1 spiro atoms. The van der Waals surface area contributed by atoms with E-state index in [-0.39, 0.29) is 24.1 Å². The van der Waals surface area contributed by atoms with E-state index in [9.17, 15) is 20.1 Å². The number of carbonyl (C=O) groups is 1. The molecule has 3 N–H and O–H groups in total. The van der Waals surface area contributed by atoms with Crippen LogP contribution in [-0.2, 0) is 34.6 Å². The molecule has 1 aromatic rings. The maximum Gasteiger partial charge on any atom is 0.295 e. The van der Waals surface area contributed by atoms with E-state index in [1.807, 2.05) is 0 Å². The van der Waals surface area contributed by atoms with Crippen molar-refractivity contribution in [3.8, 4) is 5.75 Å². The number of benzene rings is 1. The average molecular weight is 496 g/mol. The molecule has 0 aromatic heterocycles. The number of ether oxygens (including phenoxy) is 4. The van der Waals surface area contributed by atoms with Crippen molar-refractivity contribution >= 4 is 6.47 Å². The van der Waals surface area contributed by atoms with E-state index in [2.05, 4.69) is 0 Å². The van der Waals surface area contributed by atoms with E-state index in [1.54, 1.807) is 18.2 Å². The van der Waals surface area contributed by atoms with Crippen molar-refractivity contribution in [1.29, 1.82) is 0 Å². The third kappa shape index (κ3) is 3.18. The number of carbonyl (C=O) groups excluding carboxylic acids is 1. The molecular weight excluding hydrogens is 460 g/mol. The maximum atomic E-state index is 10.9. The molecule has 7 rings (SSSR count). The summed E-state index contributed by atoms with van der Waals surface area (Å²) in [5.41, 5.74) is -2.70. The summed E-state index contributed by atoms with van der Waals surface area (Å²) in [6, 6.07) is 6.35. The second kappa shape index (κ2) is 8.11. The zero-order valence-corrected chi connectivity index (χ0v) is 19.2. The maximum absolute atomic E-state index is 10.9.